The number of carbonyl (C=O) groups is 1. The number of nitro groups is 1. The van der Waals surface area contributed by atoms with Crippen molar-refractivity contribution in [3.05, 3.63) is 98.7 Å². The molecule has 1 aliphatic heterocycles. The van der Waals surface area contributed by atoms with E-state index in [1.165, 1.54) is 19.2 Å². The monoisotopic (exact) mass is 475 g/mol. The van der Waals surface area contributed by atoms with Crippen molar-refractivity contribution in [2.24, 2.45) is 0 Å². The molecule has 0 aliphatic carbocycles. The predicted octanol–water partition coefficient (Wildman–Crippen LogP) is 4.18. The molecule has 0 saturated carbocycles. The normalized spacial score (nSPS) is 15.6. The van der Waals surface area contributed by atoms with E-state index in [2.05, 4.69) is 15.5 Å². The summed E-state index contributed by atoms with van der Waals surface area (Å²) in [5.74, 6) is -0.697. The zero-order valence-electron chi connectivity index (χ0n) is 19.8. The van der Waals surface area contributed by atoms with Crippen molar-refractivity contribution in [2.75, 3.05) is 19.1 Å². The molecule has 4 rings (SSSR count). The number of benzene rings is 2. The minimum absolute atomic E-state index is 0.0892. The maximum Gasteiger partial charge on any atom is 0.336 e. The van der Waals surface area contributed by atoms with Crippen molar-refractivity contribution in [1.82, 2.24) is 15.5 Å². The van der Waals surface area contributed by atoms with Gasteiger partial charge in [0.1, 0.15) is 0 Å². The molecule has 10 nitrogen and oxygen atoms in total. The second-order valence-corrected chi connectivity index (χ2v) is 8.22. The number of ether oxygens (including phenoxy) is 1. The first-order valence-corrected chi connectivity index (χ1v) is 10.9. The average molecular weight is 476 g/mol. The first kappa shape index (κ1) is 23.7. The van der Waals surface area contributed by atoms with E-state index in [1.54, 1.807) is 19.1 Å². The molecule has 1 N–H and O–H groups in total. The number of anilines is 1. The zero-order chi connectivity index (χ0) is 25.1. The number of dihydropyridines is 1. The number of hydrogen-bond donors (Lipinski definition) is 1. The molecule has 0 fully saturated rings. The molecule has 35 heavy (non-hydrogen) atoms. The highest BCUT2D eigenvalue weighted by Gasteiger charge is 2.37. The lowest BCUT2D eigenvalue weighted by Crippen LogP contribution is -2.28. The van der Waals surface area contributed by atoms with Crippen molar-refractivity contribution in [3.63, 3.8) is 0 Å². The summed E-state index contributed by atoms with van der Waals surface area (Å²) in [5.41, 5.74) is 3.65. The Kier molecular flexibility index (Phi) is 6.63. The third-order valence-electron chi connectivity index (χ3n) is 5.83. The van der Waals surface area contributed by atoms with E-state index < -0.39 is 16.8 Å². The minimum atomic E-state index is -0.712. The number of hydrogen-bond acceptors (Lipinski definition) is 9. The van der Waals surface area contributed by atoms with Crippen LogP contribution in [0, 0.1) is 10.1 Å². The summed E-state index contributed by atoms with van der Waals surface area (Å²) in [6, 6.07) is 16.0. The van der Waals surface area contributed by atoms with Gasteiger partial charge >= 0.3 is 5.97 Å². The maximum absolute atomic E-state index is 12.8. The van der Waals surface area contributed by atoms with Gasteiger partial charge < -0.3 is 19.5 Å². The van der Waals surface area contributed by atoms with E-state index in [1.807, 2.05) is 49.2 Å². The standard InChI is InChI=1S/C25H25N5O5/c1-15-20(23-27-25(28-35-23)29(3)14-17-9-6-5-7-10-17)22(21(16(2)26-15)24(31)34-4)18-11-8-12-19(13-18)30(32)33/h5-13,22,26H,14H2,1-4H3. The zero-order valence-corrected chi connectivity index (χ0v) is 19.8. The summed E-state index contributed by atoms with van der Waals surface area (Å²) in [6.45, 7) is 4.15. The number of rotatable bonds is 7. The van der Waals surface area contributed by atoms with E-state index in [4.69, 9.17) is 9.26 Å². The van der Waals surface area contributed by atoms with Crippen LogP contribution in [-0.4, -0.2) is 35.2 Å². The summed E-state index contributed by atoms with van der Waals surface area (Å²) in [4.78, 5) is 30.2. The lowest BCUT2D eigenvalue weighted by atomic mass is 9.80. The van der Waals surface area contributed by atoms with Gasteiger partial charge in [0, 0.05) is 42.7 Å². The van der Waals surface area contributed by atoms with Crippen molar-refractivity contribution in [3.8, 4) is 0 Å². The van der Waals surface area contributed by atoms with Gasteiger partial charge in [-0.1, -0.05) is 42.5 Å². The molecular weight excluding hydrogens is 450 g/mol. The van der Waals surface area contributed by atoms with Crippen LogP contribution in [0.4, 0.5) is 11.6 Å². The molecule has 0 saturated heterocycles. The van der Waals surface area contributed by atoms with E-state index in [9.17, 15) is 14.9 Å². The van der Waals surface area contributed by atoms with Crippen LogP contribution in [0.1, 0.15) is 36.8 Å². The summed E-state index contributed by atoms with van der Waals surface area (Å²) < 4.78 is 10.7. The van der Waals surface area contributed by atoms with Crippen molar-refractivity contribution in [1.29, 1.82) is 0 Å². The number of carbonyl (C=O) groups excluding carboxylic acids is 1. The van der Waals surface area contributed by atoms with Gasteiger partial charge in [0.2, 0.25) is 0 Å². The topological polar surface area (TPSA) is 124 Å². The second-order valence-electron chi connectivity index (χ2n) is 8.22. The Morgan fingerprint density at radius 1 is 1.17 bits per heavy atom. The van der Waals surface area contributed by atoms with Gasteiger partial charge in [0.05, 0.1) is 23.5 Å². The fourth-order valence-corrected chi connectivity index (χ4v) is 4.22. The first-order chi connectivity index (χ1) is 16.8. The number of esters is 1. The van der Waals surface area contributed by atoms with Crippen LogP contribution < -0.4 is 10.2 Å². The van der Waals surface area contributed by atoms with Crippen molar-refractivity contribution in [2.45, 2.75) is 26.3 Å². The number of non-ortho nitro benzene ring substituents is 1. The number of nitrogens with zero attached hydrogens (tertiary/aromatic N) is 4. The van der Waals surface area contributed by atoms with Crippen LogP contribution in [-0.2, 0) is 16.1 Å². The van der Waals surface area contributed by atoms with E-state index in [0.29, 0.717) is 40.6 Å². The first-order valence-electron chi connectivity index (χ1n) is 10.9. The molecule has 2 heterocycles. The second kappa shape index (κ2) is 9.80. The van der Waals surface area contributed by atoms with Crippen LogP contribution in [0.15, 0.2) is 76.1 Å². The molecule has 1 aliphatic rings. The SMILES string of the molecule is COC(=O)C1=C(C)NC(C)=C(c2nc(N(C)Cc3ccccc3)no2)C1c1cccc([N+](=O)[O-])c1. The molecule has 0 bridgehead atoms. The number of allylic oxidation sites excluding steroid dienone is 3. The number of methoxy groups -OCH3 is 1. The van der Waals surface area contributed by atoms with Gasteiger partial charge in [-0.05, 0) is 30.1 Å². The Labute approximate surface area is 202 Å². The van der Waals surface area contributed by atoms with Gasteiger partial charge in [0.15, 0.2) is 0 Å². The van der Waals surface area contributed by atoms with Crippen LogP contribution >= 0.6 is 0 Å². The van der Waals surface area contributed by atoms with Crippen molar-refractivity contribution < 1.29 is 19.0 Å². The Bertz CT molecular complexity index is 1330. The fraction of sp³-hybridized carbons (Fsp3) is 0.240. The molecule has 1 unspecified atom stereocenters. The number of nitrogens with one attached hydrogen (secondary N) is 1. The highest BCUT2D eigenvalue weighted by atomic mass is 16.6. The van der Waals surface area contributed by atoms with Crippen LogP contribution in [0.25, 0.3) is 5.57 Å². The summed E-state index contributed by atoms with van der Waals surface area (Å²) in [6.07, 6.45) is 0. The highest BCUT2D eigenvalue weighted by Crippen LogP contribution is 2.44. The molecule has 3 aromatic rings. The molecule has 1 aromatic heterocycles. The lowest BCUT2D eigenvalue weighted by Gasteiger charge is -2.29. The summed E-state index contributed by atoms with van der Waals surface area (Å²) >= 11 is 0. The number of aromatic nitrogens is 2. The predicted molar refractivity (Wildman–Crippen MR) is 129 cm³/mol. The smallest absolute Gasteiger partial charge is 0.336 e. The summed E-state index contributed by atoms with van der Waals surface area (Å²) in [7, 11) is 3.14. The molecule has 0 amide bonds. The molecule has 2 aromatic carbocycles. The van der Waals surface area contributed by atoms with Crippen LogP contribution in [0.2, 0.25) is 0 Å². The van der Waals surface area contributed by atoms with Gasteiger partial charge in [-0.3, -0.25) is 10.1 Å². The fourth-order valence-electron chi connectivity index (χ4n) is 4.22. The van der Waals surface area contributed by atoms with Gasteiger partial charge in [-0.2, -0.15) is 4.98 Å². The largest absolute Gasteiger partial charge is 0.466 e. The highest BCUT2D eigenvalue weighted by molar-refractivity contribution is 5.96. The van der Waals surface area contributed by atoms with Crippen LogP contribution in [0.3, 0.4) is 0 Å². The van der Waals surface area contributed by atoms with Gasteiger partial charge in [-0.25, -0.2) is 4.79 Å². The third kappa shape index (κ3) is 4.77. The third-order valence-corrected chi connectivity index (χ3v) is 5.83. The Morgan fingerprint density at radius 2 is 1.91 bits per heavy atom. The molecule has 0 radical (unpaired) electrons. The van der Waals surface area contributed by atoms with Gasteiger partial charge in [0.25, 0.3) is 17.5 Å². The van der Waals surface area contributed by atoms with E-state index in [-0.39, 0.29) is 11.6 Å². The van der Waals surface area contributed by atoms with Crippen LogP contribution in [0.5, 0.6) is 0 Å². The molecule has 180 valence electrons. The summed E-state index contributed by atoms with van der Waals surface area (Å²) in [5, 5.41) is 18.8. The molecular formula is C25H25N5O5. The lowest BCUT2D eigenvalue weighted by molar-refractivity contribution is -0.384. The molecule has 0 spiro atoms. The van der Waals surface area contributed by atoms with E-state index in [0.717, 1.165) is 5.56 Å². The van der Waals surface area contributed by atoms with Gasteiger partial charge in [-0.15, -0.1) is 0 Å². The Balaban J connectivity index is 1.78. The maximum atomic E-state index is 12.8. The quantitative estimate of drug-likeness (QED) is 0.304. The van der Waals surface area contributed by atoms with E-state index >= 15 is 0 Å². The number of nitro benzene ring substituents is 1. The van der Waals surface area contributed by atoms with Crippen molar-refractivity contribution >= 4 is 23.2 Å². The average Bonchev–Trinajstić information content (AvgIpc) is 3.34. The molecule has 10 heteroatoms. The Hall–Kier alpha value is -4.47. The molecule has 1 atom stereocenters. The minimum Gasteiger partial charge on any atom is -0.466 e. The Morgan fingerprint density at radius 3 is 2.60 bits per heavy atom.